The van der Waals surface area contributed by atoms with Crippen molar-refractivity contribution in [2.45, 2.75) is 19.9 Å². The van der Waals surface area contributed by atoms with Gasteiger partial charge in [0.2, 0.25) is 5.75 Å². The smallest absolute Gasteiger partial charge is 0.255 e. The number of nitrogens with one attached hydrogen (secondary N) is 1. The third-order valence-corrected chi connectivity index (χ3v) is 3.30. The quantitative estimate of drug-likeness (QED) is 0.795. The summed E-state index contributed by atoms with van der Waals surface area (Å²) in [6, 6.07) is 3.20. The SMILES string of the molecule is COc1ccc(C(=O)NCC(N)C(C)C)c(OC)c1OC. The van der Waals surface area contributed by atoms with E-state index in [9.17, 15) is 4.79 Å². The maximum absolute atomic E-state index is 12.3. The molecule has 0 heterocycles. The van der Waals surface area contributed by atoms with Gasteiger partial charge in [0.05, 0.1) is 26.9 Å². The first kappa shape index (κ1) is 17.1. The molecular weight excluding hydrogens is 272 g/mol. The van der Waals surface area contributed by atoms with Crippen molar-refractivity contribution in [3.8, 4) is 17.2 Å². The second kappa shape index (κ2) is 7.73. The lowest BCUT2D eigenvalue weighted by Crippen LogP contribution is -2.40. The lowest BCUT2D eigenvalue weighted by molar-refractivity contribution is 0.0945. The summed E-state index contributed by atoms with van der Waals surface area (Å²) >= 11 is 0. The molecule has 0 saturated heterocycles. The van der Waals surface area contributed by atoms with E-state index in [0.29, 0.717) is 29.4 Å². The molecule has 0 fully saturated rings. The highest BCUT2D eigenvalue weighted by atomic mass is 16.5. The first-order valence-corrected chi connectivity index (χ1v) is 6.79. The summed E-state index contributed by atoms with van der Waals surface area (Å²) in [5.74, 6) is 1.26. The Hall–Kier alpha value is -1.95. The van der Waals surface area contributed by atoms with Crippen molar-refractivity contribution in [2.24, 2.45) is 11.7 Å². The zero-order valence-corrected chi connectivity index (χ0v) is 13.2. The number of carbonyl (C=O) groups is 1. The molecule has 21 heavy (non-hydrogen) atoms. The van der Waals surface area contributed by atoms with E-state index in [0.717, 1.165) is 0 Å². The van der Waals surface area contributed by atoms with Gasteiger partial charge in [-0.15, -0.1) is 0 Å². The molecule has 0 aliphatic carbocycles. The molecule has 118 valence electrons. The predicted octanol–water partition coefficient (Wildman–Crippen LogP) is 1.43. The second-order valence-electron chi connectivity index (χ2n) is 5.00. The van der Waals surface area contributed by atoms with Crippen LogP contribution in [0.2, 0.25) is 0 Å². The Morgan fingerprint density at radius 1 is 1.14 bits per heavy atom. The predicted molar refractivity (Wildman–Crippen MR) is 81.2 cm³/mol. The first-order chi connectivity index (χ1) is 9.96. The molecule has 0 saturated carbocycles. The van der Waals surface area contributed by atoms with Gasteiger partial charge in [-0.2, -0.15) is 0 Å². The molecule has 6 nitrogen and oxygen atoms in total. The van der Waals surface area contributed by atoms with Gasteiger partial charge in [-0.25, -0.2) is 0 Å². The van der Waals surface area contributed by atoms with E-state index in [-0.39, 0.29) is 17.9 Å². The van der Waals surface area contributed by atoms with Crippen molar-refractivity contribution in [3.05, 3.63) is 17.7 Å². The van der Waals surface area contributed by atoms with Gasteiger partial charge < -0.3 is 25.3 Å². The van der Waals surface area contributed by atoms with Gasteiger partial charge in [0, 0.05) is 12.6 Å². The van der Waals surface area contributed by atoms with Crippen LogP contribution in [0.25, 0.3) is 0 Å². The van der Waals surface area contributed by atoms with E-state index in [1.165, 1.54) is 21.3 Å². The topological polar surface area (TPSA) is 82.8 Å². The third kappa shape index (κ3) is 4.01. The largest absolute Gasteiger partial charge is 0.493 e. The van der Waals surface area contributed by atoms with Gasteiger partial charge >= 0.3 is 0 Å². The number of benzene rings is 1. The summed E-state index contributed by atoms with van der Waals surface area (Å²) in [5.41, 5.74) is 6.31. The Bertz CT molecular complexity index is 489. The summed E-state index contributed by atoms with van der Waals surface area (Å²) < 4.78 is 15.7. The fourth-order valence-corrected chi connectivity index (χ4v) is 1.82. The van der Waals surface area contributed by atoms with Crippen molar-refractivity contribution in [1.82, 2.24) is 5.32 Å². The van der Waals surface area contributed by atoms with E-state index < -0.39 is 0 Å². The van der Waals surface area contributed by atoms with Crippen LogP contribution in [0.4, 0.5) is 0 Å². The minimum absolute atomic E-state index is 0.0971. The number of nitrogens with two attached hydrogens (primary N) is 1. The van der Waals surface area contributed by atoms with Crippen LogP contribution < -0.4 is 25.3 Å². The van der Waals surface area contributed by atoms with Crippen molar-refractivity contribution in [2.75, 3.05) is 27.9 Å². The Morgan fingerprint density at radius 2 is 1.76 bits per heavy atom. The highest BCUT2D eigenvalue weighted by Crippen LogP contribution is 2.39. The summed E-state index contributed by atoms with van der Waals surface area (Å²) in [4.78, 5) is 12.3. The number of carbonyl (C=O) groups excluding carboxylic acids is 1. The third-order valence-electron chi connectivity index (χ3n) is 3.30. The van der Waals surface area contributed by atoms with Gasteiger partial charge in [-0.3, -0.25) is 4.79 Å². The van der Waals surface area contributed by atoms with Crippen LogP contribution >= 0.6 is 0 Å². The van der Waals surface area contributed by atoms with E-state index in [4.69, 9.17) is 19.9 Å². The van der Waals surface area contributed by atoms with E-state index in [2.05, 4.69) is 5.32 Å². The number of amides is 1. The van der Waals surface area contributed by atoms with E-state index >= 15 is 0 Å². The van der Waals surface area contributed by atoms with Gasteiger partial charge in [-0.1, -0.05) is 13.8 Å². The second-order valence-corrected chi connectivity index (χ2v) is 5.00. The molecule has 0 aliphatic rings. The number of hydrogen-bond donors (Lipinski definition) is 2. The molecule has 1 unspecified atom stereocenters. The average molecular weight is 296 g/mol. The molecule has 0 bridgehead atoms. The maximum atomic E-state index is 12.3. The van der Waals surface area contributed by atoms with Crippen LogP contribution in [0.3, 0.4) is 0 Å². The Morgan fingerprint density at radius 3 is 2.24 bits per heavy atom. The van der Waals surface area contributed by atoms with Crippen LogP contribution in [0.15, 0.2) is 12.1 Å². The lowest BCUT2D eigenvalue weighted by atomic mass is 10.1. The Labute approximate surface area is 125 Å². The van der Waals surface area contributed by atoms with E-state index in [1.54, 1.807) is 12.1 Å². The summed E-state index contributed by atoms with van der Waals surface area (Å²) in [6.45, 7) is 4.41. The molecule has 0 aliphatic heterocycles. The Kier molecular flexibility index (Phi) is 6.30. The molecule has 0 radical (unpaired) electrons. The normalized spacial score (nSPS) is 12.0. The Balaban J connectivity index is 2.99. The van der Waals surface area contributed by atoms with Crippen LogP contribution in [-0.2, 0) is 0 Å². The number of hydrogen-bond acceptors (Lipinski definition) is 5. The fourth-order valence-electron chi connectivity index (χ4n) is 1.82. The van der Waals surface area contributed by atoms with Crippen LogP contribution in [-0.4, -0.2) is 39.8 Å². The van der Waals surface area contributed by atoms with Crippen LogP contribution in [0, 0.1) is 5.92 Å². The first-order valence-electron chi connectivity index (χ1n) is 6.79. The van der Waals surface area contributed by atoms with Crippen molar-refractivity contribution in [3.63, 3.8) is 0 Å². The van der Waals surface area contributed by atoms with Crippen molar-refractivity contribution >= 4 is 5.91 Å². The zero-order chi connectivity index (χ0) is 16.0. The molecule has 0 aromatic heterocycles. The standard InChI is InChI=1S/C15H24N2O4/c1-9(2)11(16)8-17-15(18)10-6-7-12(19-3)14(21-5)13(10)20-4/h6-7,9,11H,8,16H2,1-5H3,(H,17,18). The van der Waals surface area contributed by atoms with Crippen molar-refractivity contribution in [1.29, 1.82) is 0 Å². The maximum Gasteiger partial charge on any atom is 0.255 e. The molecule has 0 spiro atoms. The molecule has 1 rings (SSSR count). The van der Waals surface area contributed by atoms with Crippen LogP contribution in [0.1, 0.15) is 24.2 Å². The fraction of sp³-hybridized carbons (Fsp3) is 0.533. The molecule has 1 atom stereocenters. The summed E-state index contributed by atoms with van der Waals surface area (Å²) in [7, 11) is 4.50. The molecule has 6 heteroatoms. The highest BCUT2D eigenvalue weighted by molar-refractivity contribution is 5.98. The highest BCUT2D eigenvalue weighted by Gasteiger charge is 2.21. The molecule has 1 aromatic carbocycles. The molecule has 1 amide bonds. The minimum Gasteiger partial charge on any atom is -0.493 e. The lowest BCUT2D eigenvalue weighted by Gasteiger charge is -2.18. The van der Waals surface area contributed by atoms with Gasteiger partial charge in [0.15, 0.2) is 11.5 Å². The number of methoxy groups -OCH3 is 3. The van der Waals surface area contributed by atoms with Gasteiger partial charge in [0.1, 0.15) is 0 Å². The summed E-state index contributed by atoms with van der Waals surface area (Å²) in [5, 5.41) is 2.80. The molecule has 1 aromatic rings. The zero-order valence-electron chi connectivity index (χ0n) is 13.2. The number of rotatable bonds is 7. The minimum atomic E-state index is -0.260. The van der Waals surface area contributed by atoms with E-state index in [1.807, 2.05) is 13.8 Å². The van der Waals surface area contributed by atoms with Gasteiger partial charge in [-0.05, 0) is 18.1 Å². The molecular formula is C15H24N2O4. The van der Waals surface area contributed by atoms with Gasteiger partial charge in [0.25, 0.3) is 5.91 Å². The molecule has 3 N–H and O–H groups in total. The monoisotopic (exact) mass is 296 g/mol. The van der Waals surface area contributed by atoms with Crippen LogP contribution in [0.5, 0.6) is 17.2 Å². The number of ether oxygens (including phenoxy) is 3. The van der Waals surface area contributed by atoms with Crippen molar-refractivity contribution < 1.29 is 19.0 Å². The summed E-state index contributed by atoms with van der Waals surface area (Å²) in [6.07, 6.45) is 0. The average Bonchev–Trinajstić information content (AvgIpc) is 2.49.